The van der Waals surface area contributed by atoms with Crippen LogP contribution in [0.15, 0.2) is 0 Å². The van der Waals surface area contributed by atoms with E-state index in [1.165, 1.54) is 0 Å². The normalized spacial score (nSPS) is 10.8. The van der Waals surface area contributed by atoms with Gasteiger partial charge in [-0.2, -0.15) is 0 Å². The highest BCUT2D eigenvalue weighted by molar-refractivity contribution is 6.58. The predicted molar refractivity (Wildman–Crippen MR) is 54.7 cm³/mol. The topological polar surface area (TPSA) is 40.5 Å². The second-order valence-electron chi connectivity index (χ2n) is 3.63. The summed E-state index contributed by atoms with van der Waals surface area (Å²) < 4.78 is 53.3. The van der Waals surface area contributed by atoms with Crippen molar-refractivity contribution in [1.29, 1.82) is 0 Å². The van der Waals surface area contributed by atoms with Gasteiger partial charge >= 0.3 is 7.12 Å². The summed E-state index contributed by atoms with van der Waals surface area (Å²) in [6.07, 6.45) is 0.823. The molecule has 0 aromatic heterocycles. The fourth-order valence-electron chi connectivity index (χ4n) is 1.49. The number of benzene rings is 1. The van der Waals surface area contributed by atoms with Crippen LogP contribution in [0.5, 0.6) is 0 Å². The van der Waals surface area contributed by atoms with Crippen LogP contribution in [0, 0.1) is 23.3 Å². The Kier molecular flexibility index (Phi) is 4.53. The number of hydrogen-bond donors (Lipinski definition) is 2. The third-order valence-electron chi connectivity index (χ3n) is 2.43. The number of halogens is 4. The summed E-state index contributed by atoms with van der Waals surface area (Å²) in [6.45, 7) is 1.76. The standard InChI is InChI=1S/C10H11BF4O2/c1-2-3-4-5-7(12)9(14)6(11(16)17)10(15)8(5)13/h16-17H,2-4H2,1H3. The van der Waals surface area contributed by atoms with Crippen molar-refractivity contribution in [2.45, 2.75) is 26.2 Å². The van der Waals surface area contributed by atoms with Gasteiger partial charge in [0, 0.05) is 5.56 Å². The molecule has 1 aromatic carbocycles. The second kappa shape index (κ2) is 5.51. The van der Waals surface area contributed by atoms with Gasteiger partial charge in [0.15, 0.2) is 23.3 Å². The molecule has 0 aliphatic carbocycles. The minimum absolute atomic E-state index is 0.149. The zero-order valence-electron chi connectivity index (χ0n) is 9.10. The molecule has 7 heteroatoms. The van der Waals surface area contributed by atoms with Crippen molar-refractivity contribution in [2.75, 3.05) is 0 Å². The maximum absolute atomic E-state index is 13.4. The van der Waals surface area contributed by atoms with Gasteiger partial charge in [0.25, 0.3) is 0 Å². The van der Waals surface area contributed by atoms with Crippen LogP contribution in [0.1, 0.15) is 25.3 Å². The maximum Gasteiger partial charge on any atom is 0.494 e. The summed E-state index contributed by atoms with van der Waals surface area (Å²) in [4.78, 5) is 0. The molecule has 0 spiro atoms. The molecule has 0 amide bonds. The molecule has 2 N–H and O–H groups in total. The molecular weight excluding hydrogens is 239 g/mol. The highest BCUT2D eigenvalue weighted by atomic mass is 19.2. The summed E-state index contributed by atoms with van der Waals surface area (Å²) in [5, 5.41) is 17.3. The van der Waals surface area contributed by atoms with E-state index in [1.54, 1.807) is 6.92 Å². The van der Waals surface area contributed by atoms with Crippen molar-refractivity contribution in [3.63, 3.8) is 0 Å². The Morgan fingerprint density at radius 3 is 1.76 bits per heavy atom. The van der Waals surface area contributed by atoms with E-state index >= 15 is 0 Å². The third-order valence-corrected chi connectivity index (χ3v) is 2.43. The highest BCUT2D eigenvalue weighted by Crippen LogP contribution is 2.20. The van der Waals surface area contributed by atoms with Gasteiger partial charge < -0.3 is 10.0 Å². The molecule has 0 aliphatic heterocycles. The first-order chi connectivity index (χ1) is 7.91. The lowest BCUT2D eigenvalue weighted by molar-refractivity contribution is 0.404. The smallest absolute Gasteiger partial charge is 0.423 e. The van der Waals surface area contributed by atoms with Gasteiger partial charge in [0.1, 0.15) is 0 Å². The summed E-state index contributed by atoms with van der Waals surface area (Å²) in [6, 6.07) is 0. The van der Waals surface area contributed by atoms with Gasteiger partial charge in [-0.25, -0.2) is 17.6 Å². The lowest BCUT2D eigenvalue weighted by Gasteiger charge is -2.11. The fraction of sp³-hybridized carbons (Fsp3) is 0.400. The predicted octanol–water partition coefficient (Wildman–Crippen LogP) is 1.27. The Morgan fingerprint density at radius 2 is 1.41 bits per heavy atom. The molecule has 0 fully saturated rings. The van der Waals surface area contributed by atoms with E-state index in [1.807, 2.05) is 0 Å². The molecule has 0 aliphatic rings. The first-order valence-electron chi connectivity index (χ1n) is 5.12. The molecule has 0 saturated heterocycles. The largest absolute Gasteiger partial charge is 0.494 e. The molecule has 2 nitrogen and oxygen atoms in total. The van der Waals surface area contributed by atoms with E-state index in [9.17, 15) is 17.6 Å². The Balaban J connectivity index is 3.36. The average Bonchev–Trinajstić information content (AvgIpc) is 2.26. The number of rotatable bonds is 4. The summed E-state index contributed by atoms with van der Waals surface area (Å²) in [5.74, 6) is -6.66. The lowest BCUT2D eigenvalue weighted by atomic mass is 9.78. The summed E-state index contributed by atoms with van der Waals surface area (Å²) >= 11 is 0. The van der Waals surface area contributed by atoms with Gasteiger partial charge in [-0.15, -0.1) is 0 Å². The van der Waals surface area contributed by atoms with E-state index in [0.29, 0.717) is 12.8 Å². The monoisotopic (exact) mass is 250 g/mol. The van der Waals surface area contributed by atoms with Crippen LogP contribution in [0.25, 0.3) is 0 Å². The van der Waals surface area contributed by atoms with Gasteiger partial charge in [-0.1, -0.05) is 13.3 Å². The molecule has 0 bridgehead atoms. The van der Waals surface area contributed by atoms with Crippen LogP contribution >= 0.6 is 0 Å². The zero-order valence-corrected chi connectivity index (χ0v) is 9.10. The van der Waals surface area contributed by atoms with Crippen LogP contribution < -0.4 is 5.46 Å². The second-order valence-corrected chi connectivity index (χ2v) is 3.63. The lowest BCUT2D eigenvalue weighted by Crippen LogP contribution is -2.38. The zero-order chi connectivity index (χ0) is 13.2. The first-order valence-corrected chi connectivity index (χ1v) is 5.12. The van der Waals surface area contributed by atoms with Crippen LogP contribution in [-0.4, -0.2) is 17.2 Å². The molecule has 17 heavy (non-hydrogen) atoms. The number of hydrogen-bond acceptors (Lipinski definition) is 2. The Labute approximate surface area is 96.0 Å². The van der Waals surface area contributed by atoms with Crippen LogP contribution in [0.4, 0.5) is 17.6 Å². The Hall–Kier alpha value is -1.08. The molecule has 94 valence electrons. The Bertz CT molecular complexity index is 394. The van der Waals surface area contributed by atoms with E-state index in [0.717, 1.165) is 0 Å². The minimum Gasteiger partial charge on any atom is -0.423 e. The molecule has 0 radical (unpaired) electrons. The molecule has 0 unspecified atom stereocenters. The van der Waals surface area contributed by atoms with Crippen LogP contribution in [-0.2, 0) is 6.42 Å². The van der Waals surface area contributed by atoms with Crippen molar-refractivity contribution in [2.24, 2.45) is 0 Å². The van der Waals surface area contributed by atoms with Crippen LogP contribution in [0.2, 0.25) is 0 Å². The SMILES string of the molecule is CCCCc1c(F)c(F)c(B(O)O)c(F)c1F. The molecule has 0 heterocycles. The van der Waals surface area contributed by atoms with Crippen molar-refractivity contribution in [3.05, 3.63) is 28.8 Å². The van der Waals surface area contributed by atoms with E-state index < -0.39 is 41.4 Å². The van der Waals surface area contributed by atoms with Gasteiger partial charge in [0.2, 0.25) is 0 Å². The fourth-order valence-corrected chi connectivity index (χ4v) is 1.49. The van der Waals surface area contributed by atoms with E-state index in [2.05, 4.69) is 0 Å². The summed E-state index contributed by atoms with van der Waals surface area (Å²) in [5.41, 5.74) is -2.11. The minimum atomic E-state index is -2.60. The van der Waals surface area contributed by atoms with Crippen molar-refractivity contribution >= 4 is 12.6 Å². The highest BCUT2D eigenvalue weighted by Gasteiger charge is 2.30. The van der Waals surface area contributed by atoms with Gasteiger partial charge in [-0.3, -0.25) is 0 Å². The van der Waals surface area contributed by atoms with Crippen molar-refractivity contribution in [3.8, 4) is 0 Å². The quantitative estimate of drug-likeness (QED) is 0.480. The number of unbranched alkanes of at least 4 members (excludes halogenated alkanes) is 1. The van der Waals surface area contributed by atoms with Crippen molar-refractivity contribution in [1.82, 2.24) is 0 Å². The van der Waals surface area contributed by atoms with E-state index in [4.69, 9.17) is 10.0 Å². The molecule has 0 saturated carbocycles. The maximum atomic E-state index is 13.4. The molecule has 1 aromatic rings. The van der Waals surface area contributed by atoms with Gasteiger partial charge in [0.05, 0.1) is 5.46 Å². The molecule has 1 rings (SSSR count). The molecule has 0 atom stereocenters. The summed E-state index contributed by atoms with van der Waals surface area (Å²) in [7, 11) is -2.60. The first kappa shape index (κ1) is 14.0. The average molecular weight is 250 g/mol. The Morgan fingerprint density at radius 1 is 0.941 bits per heavy atom. The third kappa shape index (κ3) is 2.61. The van der Waals surface area contributed by atoms with Crippen molar-refractivity contribution < 1.29 is 27.6 Å². The van der Waals surface area contributed by atoms with E-state index in [-0.39, 0.29) is 6.42 Å². The molecular formula is C10H11BF4O2. The van der Waals surface area contributed by atoms with Gasteiger partial charge in [-0.05, 0) is 12.8 Å². The van der Waals surface area contributed by atoms with Crippen LogP contribution in [0.3, 0.4) is 0 Å².